The van der Waals surface area contributed by atoms with Gasteiger partial charge in [-0.25, -0.2) is 8.78 Å². The monoisotopic (exact) mass is 257 g/mol. The zero-order valence-corrected chi connectivity index (χ0v) is 10.2. The lowest BCUT2D eigenvalue weighted by Crippen LogP contribution is -2.44. The fraction of sp³-hybridized carbons (Fsp3) is 0.538. The summed E-state index contributed by atoms with van der Waals surface area (Å²) in [6.07, 6.45) is 2.02. The van der Waals surface area contributed by atoms with E-state index in [1.807, 2.05) is 0 Å². The van der Waals surface area contributed by atoms with Crippen molar-refractivity contribution in [3.05, 3.63) is 29.8 Å². The van der Waals surface area contributed by atoms with E-state index in [1.54, 1.807) is 7.05 Å². The molecule has 0 amide bonds. The Hall–Kier alpha value is -1.20. The van der Waals surface area contributed by atoms with E-state index >= 15 is 0 Å². The number of ether oxygens (including phenoxy) is 1. The number of hydrogen-bond donors (Lipinski definition) is 2. The van der Waals surface area contributed by atoms with Gasteiger partial charge < -0.3 is 15.2 Å². The van der Waals surface area contributed by atoms with Crippen LogP contribution in [0.15, 0.2) is 18.2 Å². The van der Waals surface area contributed by atoms with Crippen molar-refractivity contribution < 1.29 is 18.6 Å². The highest BCUT2D eigenvalue weighted by Gasteiger charge is 2.38. The molecule has 0 aliphatic heterocycles. The first-order chi connectivity index (χ1) is 8.57. The van der Waals surface area contributed by atoms with Crippen LogP contribution in [0.4, 0.5) is 8.78 Å². The average molecular weight is 257 g/mol. The van der Waals surface area contributed by atoms with Crippen molar-refractivity contribution in [2.75, 3.05) is 13.7 Å². The van der Waals surface area contributed by atoms with Crippen molar-refractivity contribution in [1.29, 1.82) is 0 Å². The van der Waals surface area contributed by atoms with Gasteiger partial charge in [-0.05, 0) is 19.9 Å². The number of rotatable bonds is 4. The molecule has 0 bridgehead atoms. The van der Waals surface area contributed by atoms with E-state index in [9.17, 15) is 13.9 Å². The van der Waals surface area contributed by atoms with Crippen LogP contribution in [0.3, 0.4) is 0 Å². The minimum absolute atomic E-state index is 0.0286. The molecule has 2 atom stereocenters. The minimum Gasteiger partial charge on any atom is -0.490 e. The molecule has 1 aliphatic rings. The van der Waals surface area contributed by atoms with Crippen LogP contribution < -0.4 is 10.1 Å². The summed E-state index contributed by atoms with van der Waals surface area (Å²) in [4.78, 5) is 0. The van der Waals surface area contributed by atoms with Crippen molar-refractivity contribution >= 4 is 0 Å². The molecule has 2 unspecified atom stereocenters. The smallest absolute Gasteiger partial charge is 0.129 e. The van der Waals surface area contributed by atoms with Gasteiger partial charge in [0.05, 0.1) is 6.61 Å². The molecule has 1 fully saturated rings. The van der Waals surface area contributed by atoms with Crippen molar-refractivity contribution in [3.63, 3.8) is 0 Å². The van der Waals surface area contributed by atoms with E-state index in [4.69, 9.17) is 4.74 Å². The topological polar surface area (TPSA) is 41.5 Å². The maximum absolute atomic E-state index is 13.0. The third-order valence-corrected chi connectivity index (χ3v) is 3.54. The van der Waals surface area contributed by atoms with Crippen LogP contribution in [0.1, 0.15) is 19.3 Å². The van der Waals surface area contributed by atoms with Crippen LogP contribution in [-0.2, 0) is 0 Å². The number of benzene rings is 1. The van der Waals surface area contributed by atoms with Gasteiger partial charge >= 0.3 is 0 Å². The van der Waals surface area contributed by atoms with Crippen LogP contribution in [-0.4, -0.2) is 30.4 Å². The van der Waals surface area contributed by atoms with Crippen molar-refractivity contribution in [1.82, 2.24) is 5.32 Å². The van der Waals surface area contributed by atoms with Gasteiger partial charge in [0.25, 0.3) is 0 Å². The Morgan fingerprint density at radius 3 is 2.56 bits per heavy atom. The molecule has 1 saturated carbocycles. The van der Waals surface area contributed by atoms with Crippen molar-refractivity contribution in [2.24, 2.45) is 0 Å². The molecule has 3 nitrogen and oxygen atoms in total. The second-order valence-electron chi connectivity index (χ2n) is 4.78. The van der Waals surface area contributed by atoms with Crippen molar-refractivity contribution in [2.45, 2.75) is 30.9 Å². The van der Waals surface area contributed by atoms with E-state index in [0.717, 1.165) is 18.9 Å². The van der Waals surface area contributed by atoms with Gasteiger partial charge in [-0.15, -0.1) is 0 Å². The second kappa shape index (κ2) is 5.20. The quantitative estimate of drug-likeness (QED) is 0.865. The molecule has 18 heavy (non-hydrogen) atoms. The molecule has 2 rings (SSSR count). The molecule has 0 saturated heterocycles. The third-order valence-electron chi connectivity index (χ3n) is 3.54. The van der Waals surface area contributed by atoms with Gasteiger partial charge in [0.15, 0.2) is 0 Å². The molecule has 2 N–H and O–H groups in total. The van der Waals surface area contributed by atoms with Crippen LogP contribution in [0, 0.1) is 11.6 Å². The molecule has 0 aromatic heterocycles. The van der Waals surface area contributed by atoms with Gasteiger partial charge in [0.2, 0.25) is 0 Å². The number of halogens is 2. The van der Waals surface area contributed by atoms with Crippen LogP contribution in [0.5, 0.6) is 5.75 Å². The van der Waals surface area contributed by atoms with Gasteiger partial charge in [-0.3, -0.25) is 0 Å². The molecule has 100 valence electrons. The number of nitrogens with one attached hydrogen (secondary N) is 1. The molecule has 0 radical (unpaired) electrons. The SMILES string of the molecule is CNC1(CO)CCC(Oc2cc(F)cc(F)c2)C1. The van der Waals surface area contributed by atoms with E-state index in [1.165, 1.54) is 12.1 Å². The van der Waals surface area contributed by atoms with Gasteiger partial charge in [0, 0.05) is 30.2 Å². The van der Waals surface area contributed by atoms with Crippen LogP contribution in [0.25, 0.3) is 0 Å². The summed E-state index contributed by atoms with van der Waals surface area (Å²) in [5, 5.41) is 12.4. The molecule has 0 heterocycles. The molecule has 1 aromatic rings. The normalized spacial score (nSPS) is 27.4. The zero-order chi connectivity index (χ0) is 13.2. The highest BCUT2D eigenvalue weighted by atomic mass is 19.1. The summed E-state index contributed by atoms with van der Waals surface area (Å²) in [6, 6.07) is 3.15. The maximum Gasteiger partial charge on any atom is 0.129 e. The van der Waals surface area contributed by atoms with Crippen LogP contribution >= 0.6 is 0 Å². The lowest BCUT2D eigenvalue weighted by Gasteiger charge is -2.26. The lowest BCUT2D eigenvalue weighted by molar-refractivity contribution is 0.146. The summed E-state index contributed by atoms with van der Waals surface area (Å²) >= 11 is 0. The van der Waals surface area contributed by atoms with Gasteiger partial charge in [0.1, 0.15) is 23.5 Å². The Bertz CT molecular complexity index is 401. The summed E-state index contributed by atoms with van der Waals surface area (Å²) in [5.74, 6) is -1.10. The minimum atomic E-state index is -0.648. The molecule has 1 aliphatic carbocycles. The largest absolute Gasteiger partial charge is 0.490 e. The number of hydrogen-bond acceptors (Lipinski definition) is 3. The summed E-state index contributed by atoms with van der Waals surface area (Å²) < 4.78 is 31.6. The molecule has 0 spiro atoms. The number of likely N-dealkylation sites (N-methyl/N-ethyl adjacent to an activating group) is 1. The highest BCUT2D eigenvalue weighted by molar-refractivity contribution is 5.24. The third kappa shape index (κ3) is 2.79. The molecular formula is C13H17F2NO2. The Labute approximate surface area is 105 Å². The molecular weight excluding hydrogens is 240 g/mol. The first-order valence-corrected chi connectivity index (χ1v) is 5.99. The summed E-state index contributed by atoms with van der Waals surface area (Å²) in [5.41, 5.74) is -0.337. The maximum atomic E-state index is 13.0. The summed E-state index contributed by atoms with van der Waals surface area (Å²) in [6.45, 7) is 0.0286. The highest BCUT2D eigenvalue weighted by Crippen LogP contribution is 2.32. The fourth-order valence-corrected chi connectivity index (χ4v) is 2.42. The average Bonchev–Trinajstić information content (AvgIpc) is 2.72. The number of aliphatic hydroxyl groups is 1. The Morgan fingerprint density at radius 2 is 2.06 bits per heavy atom. The Morgan fingerprint density at radius 1 is 1.39 bits per heavy atom. The van der Waals surface area contributed by atoms with E-state index in [0.29, 0.717) is 6.42 Å². The first-order valence-electron chi connectivity index (χ1n) is 5.99. The predicted octanol–water partition coefficient (Wildman–Crippen LogP) is 1.85. The van der Waals surface area contributed by atoms with E-state index in [-0.39, 0.29) is 24.0 Å². The summed E-state index contributed by atoms with van der Waals surface area (Å²) in [7, 11) is 1.79. The van der Waals surface area contributed by atoms with Crippen molar-refractivity contribution in [3.8, 4) is 5.75 Å². The van der Waals surface area contributed by atoms with Crippen LogP contribution in [0.2, 0.25) is 0 Å². The van der Waals surface area contributed by atoms with Gasteiger partial charge in [-0.1, -0.05) is 0 Å². The lowest BCUT2D eigenvalue weighted by atomic mass is 9.99. The first kappa shape index (κ1) is 13.2. The molecule has 1 aromatic carbocycles. The standard InChI is InChI=1S/C13H17F2NO2/c1-16-13(8-17)3-2-11(7-13)18-12-5-9(14)4-10(15)6-12/h4-6,11,16-17H,2-3,7-8H2,1H3. The Kier molecular flexibility index (Phi) is 3.82. The zero-order valence-electron chi connectivity index (χ0n) is 10.2. The predicted molar refractivity (Wildman–Crippen MR) is 63.5 cm³/mol. The molecule has 5 heteroatoms. The number of aliphatic hydroxyl groups excluding tert-OH is 1. The second-order valence-corrected chi connectivity index (χ2v) is 4.78. The van der Waals surface area contributed by atoms with Gasteiger partial charge in [-0.2, -0.15) is 0 Å². The Balaban J connectivity index is 2.03. The fourth-order valence-electron chi connectivity index (χ4n) is 2.42. The van der Waals surface area contributed by atoms with E-state index in [2.05, 4.69) is 5.32 Å². The van der Waals surface area contributed by atoms with E-state index < -0.39 is 11.6 Å².